The minimum absolute atomic E-state index is 0.162. The van der Waals surface area contributed by atoms with Crippen molar-refractivity contribution in [2.24, 2.45) is 0 Å². The van der Waals surface area contributed by atoms with Crippen LogP contribution in [-0.4, -0.2) is 45.1 Å². The van der Waals surface area contributed by atoms with E-state index in [2.05, 4.69) is 0 Å². The van der Waals surface area contributed by atoms with Crippen LogP contribution in [0.5, 0.6) is 0 Å². The molecule has 0 radical (unpaired) electrons. The number of hydrogen-bond acceptors (Lipinski definition) is 3. The predicted molar refractivity (Wildman–Crippen MR) is 95.4 cm³/mol. The summed E-state index contributed by atoms with van der Waals surface area (Å²) in [6.07, 6.45) is 1.15. The van der Waals surface area contributed by atoms with Gasteiger partial charge in [-0.25, -0.2) is 8.42 Å². The predicted octanol–water partition coefficient (Wildman–Crippen LogP) is 2.75. The average molecular weight is 340 g/mol. The third-order valence-corrected chi connectivity index (χ3v) is 5.05. The van der Waals surface area contributed by atoms with Crippen molar-refractivity contribution in [3.8, 4) is 0 Å². The maximum absolute atomic E-state index is 12.4. The second kappa shape index (κ2) is 7.81. The van der Waals surface area contributed by atoms with Gasteiger partial charge >= 0.3 is 0 Å². The van der Waals surface area contributed by atoms with Gasteiger partial charge in [-0.2, -0.15) is 0 Å². The third kappa shape index (κ3) is 4.70. The lowest BCUT2D eigenvalue weighted by Crippen LogP contribution is -2.43. The molecule has 0 atom stereocenters. The van der Waals surface area contributed by atoms with E-state index in [0.717, 1.165) is 17.4 Å². The summed E-state index contributed by atoms with van der Waals surface area (Å²) in [5, 5.41) is 0. The van der Waals surface area contributed by atoms with Crippen LogP contribution in [-0.2, 0) is 14.8 Å². The Kier molecular flexibility index (Phi) is 6.62. The summed E-state index contributed by atoms with van der Waals surface area (Å²) in [6.45, 7) is 10.7. The second-order valence-corrected chi connectivity index (χ2v) is 7.91. The molecule has 0 N–H and O–H groups in total. The summed E-state index contributed by atoms with van der Waals surface area (Å²) in [4.78, 5) is 14.1. The quantitative estimate of drug-likeness (QED) is 0.767. The molecule has 5 nitrogen and oxygen atoms in total. The number of amides is 1. The zero-order valence-electron chi connectivity index (χ0n) is 15.0. The zero-order valence-corrected chi connectivity index (χ0v) is 15.8. The summed E-state index contributed by atoms with van der Waals surface area (Å²) < 4.78 is 25.9. The van der Waals surface area contributed by atoms with E-state index in [0.29, 0.717) is 18.8 Å². The monoisotopic (exact) mass is 340 g/mol. The molecule has 0 heterocycles. The maximum atomic E-state index is 12.4. The number of aryl methyl sites for hydroxylation is 1. The maximum Gasteiger partial charge on any atom is 0.243 e. The van der Waals surface area contributed by atoms with Crippen LogP contribution in [0.1, 0.15) is 44.7 Å². The Labute approximate surface area is 140 Å². The Hall–Kier alpha value is -1.56. The van der Waals surface area contributed by atoms with Crippen LogP contribution >= 0.6 is 0 Å². The van der Waals surface area contributed by atoms with Crippen LogP contribution in [0.3, 0.4) is 0 Å². The number of benzene rings is 1. The highest BCUT2D eigenvalue weighted by molar-refractivity contribution is 7.92. The SMILES string of the molecule is CCN(CC)C(=O)CN(c1c(C)cccc1C(C)C)S(C)(=O)=O. The molecule has 1 aromatic rings. The number of likely N-dealkylation sites (N-methyl/N-ethyl adjacent to an activating group) is 1. The van der Waals surface area contributed by atoms with Crippen LogP contribution < -0.4 is 4.31 Å². The number of hydrogen-bond donors (Lipinski definition) is 0. The number of carbonyl (C=O) groups excluding carboxylic acids is 1. The first-order valence-electron chi connectivity index (χ1n) is 7.98. The normalized spacial score (nSPS) is 11.6. The van der Waals surface area contributed by atoms with Gasteiger partial charge in [0.05, 0.1) is 11.9 Å². The Balaban J connectivity index is 3.38. The number of carbonyl (C=O) groups is 1. The number of para-hydroxylation sites is 1. The topological polar surface area (TPSA) is 57.7 Å². The van der Waals surface area contributed by atoms with E-state index in [1.807, 2.05) is 52.8 Å². The average Bonchev–Trinajstić information content (AvgIpc) is 2.45. The highest BCUT2D eigenvalue weighted by Crippen LogP contribution is 2.32. The molecule has 1 rings (SSSR count). The number of nitrogens with zero attached hydrogens (tertiary/aromatic N) is 2. The minimum Gasteiger partial charge on any atom is -0.342 e. The van der Waals surface area contributed by atoms with Gasteiger partial charge in [0.25, 0.3) is 0 Å². The molecule has 1 aromatic carbocycles. The molecular weight excluding hydrogens is 312 g/mol. The van der Waals surface area contributed by atoms with E-state index >= 15 is 0 Å². The van der Waals surface area contributed by atoms with Crippen molar-refractivity contribution in [3.63, 3.8) is 0 Å². The van der Waals surface area contributed by atoms with E-state index in [4.69, 9.17) is 0 Å². The smallest absolute Gasteiger partial charge is 0.243 e. The van der Waals surface area contributed by atoms with E-state index in [1.54, 1.807) is 4.90 Å². The van der Waals surface area contributed by atoms with Gasteiger partial charge in [0.2, 0.25) is 15.9 Å². The molecule has 130 valence electrons. The third-order valence-electron chi connectivity index (χ3n) is 3.94. The fourth-order valence-corrected chi connectivity index (χ4v) is 3.58. The zero-order chi connectivity index (χ0) is 17.8. The van der Waals surface area contributed by atoms with Crippen molar-refractivity contribution in [1.82, 2.24) is 4.90 Å². The summed E-state index contributed by atoms with van der Waals surface area (Å²) >= 11 is 0. The molecular formula is C17H28N2O3S. The fourth-order valence-electron chi connectivity index (χ4n) is 2.65. The lowest BCUT2D eigenvalue weighted by Gasteiger charge is -2.29. The molecule has 0 aromatic heterocycles. The number of anilines is 1. The van der Waals surface area contributed by atoms with Gasteiger partial charge < -0.3 is 4.90 Å². The van der Waals surface area contributed by atoms with Crippen molar-refractivity contribution < 1.29 is 13.2 Å². The highest BCUT2D eigenvalue weighted by atomic mass is 32.2. The molecule has 0 fully saturated rings. The van der Waals surface area contributed by atoms with Crippen molar-refractivity contribution in [3.05, 3.63) is 29.3 Å². The van der Waals surface area contributed by atoms with Crippen molar-refractivity contribution in [1.29, 1.82) is 0 Å². The molecule has 0 aliphatic carbocycles. The Morgan fingerprint density at radius 2 is 1.74 bits per heavy atom. The number of sulfonamides is 1. The molecule has 1 amide bonds. The Bertz CT molecular complexity index is 650. The van der Waals surface area contributed by atoms with Crippen LogP contribution in [0.15, 0.2) is 18.2 Å². The van der Waals surface area contributed by atoms with Crippen LogP contribution in [0.2, 0.25) is 0 Å². The first-order valence-corrected chi connectivity index (χ1v) is 9.83. The summed E-state index contributed by atoms with van der Waals surface area (Å²) in [5.74, 6) is -0.0175. The molecule has 0 aliphatic rings. The van der Waals surface area contributed by atoms with Crippen molar-refractivity contribution in [2.45, 2.75) is 40.5 Å². The summed E-state index contributed by atoms with van der Waals surface area (Å²) in [6, 6.07) is 5.72. The fraction of sp³-hybridized carbons (Fsp3) is 0.588. The van der Waals surface area contributed by atoms with E-state index < -0.39 is 10.0 Å². The van der Waals surface area contributed by atoms with Gasteiger partial charge in [-0.3, -0.25) is 9.10 Å². The molecule has 0 saturated carbocycles. The largest absolute Gasteiger partial charge is 0.342 e. The van der Waals surface area contributed by atoms with Gasteiger partial charge in [0.1, 0.15) is 6.54 Å². The molecule has 23 heavy (non-hydrogen) atoms. The van der Waals surface area contributed by atoms with Crippen molar-refractivity contribution in [2.75, 3.05) is 30.2 Å². The minimum atomic E-state index is -3.56. The molecule has 0 saturated heterocycles. The highest BCUT2D eigenvalue weighted by Gasteiger charge is 2.26. The first kappa shape index (κ1) is 19.5. The van der Waals surface area contributed by atoms with Gasteiger partial charge in [0.15, 0.2) is 0 Å². The van der Waals surface area contributed by atoms with Crippen LogP contribution in [0.4, 0.5) is 5.69 Å². The van der Waals surface area contributed by atoms with Gasteiger partial charge in [-0.05, 0) is 37.8 Å². The summed E-state index contributed by atoms with van der Waals surface area (Å²) in [5.41, 5.74) is 2.42. The molecule has 6 heteroatoms. The van der Waals surface area contributed by atoms with Crippen LogP contribution in [0, 0.1) is 6.92 Å². The Morgan fingerprint density at radius 1 is 1.17 bits per heavy atom. The summed E-state index contributed by atoms with van der Waals surface area (Å²) in [7, 11) is -3.56. The van der Waals surface area contributed by atoms with Gasteiger partial charge in [-0.15, -0.1) is 0 Å². The van der Waals surface area contributed by atoms with Gasteiger partial charge in [0, 0.05) is 13.1 Å². The first-order chi connectivity index (χ1) is 10.6. The van der Waals surface area contributed by atoms with E-state index in [1.165, 1.54) is 4.31 Å². The number of rotatable bonds is 7. The lowest BCUT2D eigenvalue weighted by molar-refractivity contribution is -0.129. The van der Waals surface area contributed by atoms with E-state index in [9.17, 15) is 13.2 Å². The molecule has 0 spiro atoms. The van der Waals surface area contributed by atoms with E-state index in [-0.39, 0.29) is 18.4 Å². The molecule has 0 bridgehead atoms. The Morgan fingerprint density at radius 3 is 2.17 bits per heavy atom. The van der Waals surface area contributed by atoms with Gasteiger partial charge in [-0.1, -0.05) is 32.0 Å². The lowest BCUT2D eigenvalue weighted by atomic mass is 9.98. The van der Waals surface area contributed by atoms with Crippen molar-refractivity contribution >= 4 is 21.6 Å². The molecule has 0 unspecified atom stereocenters. The second-order valence-electron chi connectivity index (χ2n) is 6.00. The molecule has 0 aliphatic heterocycles. The van der Waals surface area contributed by atoms with Crippen LogP contribution in [0.25, 0.3) is 0 Å². The standard InChI is InChI=1S/C17H28N2O3S/c1-7-18(8-2)16(20)12-19(23(6,21)22)17-14(5)10-9-11-15(17)13(3)4/h9-11,13H,7-8,12H2,1-6H3.